The summed E-state index contributed by atoms with van der Waals surface area (Å²) in [6, 6.07) is 1.97. The fourth-order valence-electron chi connectivity index (χ4n) is 1.60. The van der Waals surface area contributed by atoms with Gasteiger partial charge in [0, 0.05) is 31.9 Å². The zero-order valence-corrected chi connectivity index (χ0v) is 8.08. The molecule has 1 aliphatic rings. The van der Waals surface area contributed by atoms with Crippen molar-refractivity contribution in [2.24, 2.45) is 7.05 Å². The van der Waals surface area contributed by atoms with Gasteiger partial charge in [0.2, 0.25) is 0 Å². The highest BCUT2D eigenvalue weighted by Gasteiger charge is 2.15. The van der Waals surface area contributed by atoms with Gasteiger partial charge in [-0.15, -0.1) is 0 Å². The molecule has 1 aromatic heterocycles. The van der Waals surface area contributed by atoms with Crippen LogP contribution in [0.1, 0.15) is 12.0 Å². The Labute approximate surface area is 77.6 Å². The van der Waals surface area contributed by atoms with Gasteiger partial charge in [-0.2, -0.15) is 0 Å². The Balaban J connectivity index is 2.43. The van der Waals surface area contributed by atoms with Crippen molar-refractivity contribution in [3.8, 4) is 0 Å². The number of pyridine rings is 1. The predicted octanol–water partition coefficient (Wildman–Crippen LogP) is 0.904. The number of aryl methyl sites for hydroxylation is 2. The van der Waals surface area contributed by atoms with E-state index in [-0.39, 0.29) is 5.56 Å². The number of aromatic nitrogens is 1. The van der Waals surface area contributed by atoms with Crippen LogP contribution in [0.15, 0.2) is 17.1 Å². The minimum Gasteiger partial charge on any atom is -0.370 e. The normalized spacial score (nSPS) is 15.7. The van der Waals surface area contributed by atoms with Crippen LogP contribution in [-0.2, 0) is 7.05 Å². The lowest BCUT2D eigenvalue weighted by molar-refractivity contribution is 0.613. The van der Waals surface area contributed by atoms with Crippen LogP contribution in [0.5, 0.6) is 0 Å². The van der Waals surface area contributed by atoms with E-state index in [0.717, 1.165) is 18.7 Å². The van der Waals surface area contributed by atoms with E-state index in [2.05, 4.69) is 4.90 Å². The summed E-state index contributed by atoms with van der Waals surface area (Å²) in [6.07, 6.45) is 3.18. The van der Waals surface area contributed by atoms with Crippen LogP contribution in [0.2, 0.25) is 0 Å². The van der Waals surface area contributed by atoms with Crippen LogP contribution in [0.3, 0.4) is 0 Å². The minimum atomic E-state index is 0.101. The van der Waals surface area contributed by atoms with Crippen molar-refractivity contribution in [2.45, 2.75) is 13.3 Å². The monoisotopic (exact) mass is 178 g/mol. The highest BCUT2D eigenvalue weighted by molar-refractivity contribution is 5.48. The van der Waals surface area contributed by atoms with Crippen molar-refractivity contribution in [1.82, 2.24) is 4.57 Å². The Hall–Kier alpha value is -1.25. The largest absolute Gasteiger partial charge is 0.370 e. The van der Waals surface area contributed by atoms with E-state index in [0.29, 0.717) is 0 Å². The van der Waals surface area contributed by atoms with Gasteiger partial charge in [-0.05, 0) is 19.4 Å². The van der Waals surface area contributed by atoms with E-state index in [1.807, 2.05) is 19.2 Å². The van der Waals surface area contributed by atoms with Crippen molar-refractivity contribution in [2.75, 3.05) is 18.0 Å². The van der Waals surface area contributed by atoms with Gasteiger partial charge in [0.25, 0.3) is 5.56 Å². The summed E-state index contributed by atoms with van der Waals surface area (Å²) in [7, 11) is 1.80. The van der Waals surface area contributed by atoms with E-state index >= 15 is 0 Å². The summed E-state index contributed by atoms with van der Waals surface area (Å²) in [5.41, 5.74) is 2.10. The highest BCUT2D eigenvalue weighted by atomic mass is 16.1. The minimum absolute atomic E-state index is 0.101. The Bertz CT molecular complexity index is 351. The number of rotatable bonds is 1. The number of hydrogen-bond acceptors (Lipinski definition) is 2. The second kappa shape index (κ2) is 2.91. The van der Waals surface area contributed by atoms with E-state index < -0.39 is 0 Å². The van der Waals surface area contributed by atoms with Gasteiger partial charge in [-0.3, -0.25) is 4.79 Å². The molecule has 0 saturated carbocycles. The van der Waals surface area contributed by atoms with Gasteiger partial charge >= 0.3 is 0 Å². The zero-order chi connectivity index (χ0) is 9.42. The summed E-state index contributed by atoms with van der Waals surface area (Å²) in [5.74, 6) is 0. The molecule has 0 atom stereocenters. The first-order valence-corrected chi connectivity index (χ1v) is 4.61. The van der Waals surface area contributed by atoms with Crippen molar-refractivity contribution in [3.05, 3.63) is 28.2 Å². The first-order valence-electron chi connectivity index (χ1n) is 4.61. The summed E-state index contributed by atoms with van der Waals surface area (Å²) in [5, 5.41) is 0. The van der Waals surface area contributed by atoms with Gasteiger partial charge in [0.05, 0.1) is 5.69 Å². The molecule has 0 radical (unpaired) electrons. The Morgan fingerprint density at radius 2 is 2.08 bits per heavy atom. The third kappa shape index (κ3) is 1.34. The summed E-state index contributed by atoms with van der Waals surface area (Å²) >= 11 is 0. The van der Waals surface area contributed by atoms with Crippen LogP contribution >= 0.6 is 0 Å². The van der Waals surface area contributed by atoms with Gasteiger partial charge in [0.1, 0.15) is 0 Å². The van der Waals surface area contributed by atoms with Crippen LogP contribution in [0.25, 0.3) is 0 Å². The zero-order valence-electron chi connectivity index (χ0n) is 8.08. The third-order valence-corrected chi connectivity index (χ3v) is 2.57. The lowest BCUT2D eigenvalue weighted by Crippen LogP contribution is -2.38. The molecule has 13 heavy (non-hydrogen) atoms. The van der Waals surface area contributed by atoms with Crippen molar-refractivity contribution in [3.63, 3.8) is 0 Å². The molecular weight excluding hydrogens is 164 g/mol. The van der Waals surface area contributed by atoms with Crippen LogP contribution in [-0.4, -0.2) is 17.7 Å². The average Bonchev–Trinajstić information content (AvgIpc) is 1.96. The maximum atomic E-state index is 11.4. The first kappa shape index (κ1) is 8.35. The van der Waals surface area contributed by atoms with Crippen LogP contribution in [0.4, 0.5) is 5.69 Å². The topological polar surface area (TPSA) is 25.2 Å². The molecule has 0 aliphatic carbocycles. The van der Waals surface area contributed by atoms with Crippen molar-refractivity contribution < 1.29 is 0 Å². The standard InChI is InChI=1S/C10H14N2O/c1-8-6-9(12-4-3-5-12)7-11(2)10(8)13/h6-7H,3-5H2,1-2H3. The average molecular weight is 178 g/mol. The summed E-state index contributed by atoms with van der Waals surface area (Å²) < 4.78 is 1.66. The molecule has 0 amide bonds. The first-order chi connectivity index (χ1) is 6.18. The molecule has 3 heteroatoms. The molecule has 2 heterocycles. The Morgan fingerprint density at radius 1 is 1.38 bits per heavy atom. The second-order valence-corrected chi connectivity index (χ2v) is 3.64. The summed E-state index contributed by atoms with van der Waals surface area (Å²) in [4.78, 5) is 13.7. The lowest BCUT2D eigenvalue weighted by Gasteiger charge is -2.33. The molecule has 0 N–H and O–H groups in total. The molecule has 1 aromatic rings. The molecular formula is C10H14N2O. The second-order valence-electron chi connectivity index (χ2n) is 3.64. The predicted molar refractivity (Wildman–Crippen MR) is 53.3 cm³/mol. The Morgan fingerprint density at radius 3 is 2.54 bits per heavy atom. The van der Waals surface area contributed by atoms with E-state index in [4.69, 9.17) is 0 Å². The molecule has 1 saturated heterocycles. The van der Waals surface area contributed by atoms with Gasteiger partial charge in [-0.1, -0.05) is 0 Å². The molecule has 0 spiro atoms. The van der Waals surface area contributed by atoms with Gasteiger partial charge < -0.3 is 9.47 Å². The molecule has 2 rings (SSSR count). The molecule has 1 fully saturated rings. The number of hydrogen-bond donors (Lipinski definition) is 0. The van der Waals surface area contributed by atoms with Gasteiger partial charge in [0.15, 0.2) is 0 Å². The quantitative estimate of drug-likeness (QED) is 0.638. The smallest absolute Gasteiger partial charge is 0.253 e. The molecule has 0 bridgehead atoms. The Kier molecular flexibility index (Phi) is 1.87. The highest BCUT2D eigenvalue weighted by Crippen LogP contribution is 2.19. The SMILES string of the molecule is Cc1cc(N2CCC2)cn(C)c1=O. The molecule has 1 aliphatic heterocycles. The van der Waals surface area contributed by atoms with E-state index in [1.54, 1.807) is 11.6 Å². The number of nitrogens with zero attached hydrogens (tertiary/aromatic N) is 2. The number of anilines is 1. The fraction of sp³-hybridized carbons (Fsp3) is 0.500. The maximum Gasteiger partial charge on any atom is 0.253 e. The van der Waals surface area contributed by atoms with E-state index in [1.165, 1.54) is 12.1 Å². The molecule has 0 aromatic carbocycles. The van der Waals surface area contributed by atoms with Crippen LogP contribution < -0.4 is 10.5 Å². The molecule has 0 unspecified atom stereocenters. The van der Waals surface area contributed by atoms with Crippen LogP contribution in [0, 0.1) is 6.92 Å². The third-order valence-electron chi connectivity index (χ3n) is 2.57. The maximum absolute atomic E-state index is 11.4. The fourth-order valence-corrected chi connectivity index (χ4v) is 1.60. The van der Waals surface area contributed by atoms with Crippen molar-refractivity contribution in [1.29, 1.82) is 0 Å². The van der Waals surface area contributed by atoms with Gasteiger partial charge in [-0.25, -0.2) is 0 Å². The van der Waals surface area contributed by atoms with Crippen molar-refractivity contribution >= 4 is 5.69 Å². The molecule has 70 valence electrons. The molecule has 3 nitrogen and oxygen atoms in total. The lowest BCUT2D eigenvalue weighted by atomic mass is 10.2. The summed E-state index contributed by atoms with van der Waals surface area (Å²) in [6.45, 7) is 4.11. The van der Waals surface area contributed by atoms with E-state index in [9.17, 15) is 4.79 Å².